The number of hydrogen-bond donors (Lipinski definition) is 1. The Hall–Kier alpha value is -2.55. The molecule has 4 rings (SSSR count). The van der Waals surface area contributed by atoms with Crippen molar-refractivity contribution in [2.45, 2.75) is 31.2 Å². The van der Waals surface area contributed by atoms with E-state index in [4.69, 9.17) is 6.42 Å². The van der Waals surface area contributed by atoms with Crippen LogP contribution in [0.5, 0.6) is 0 Å². The fraction of sp³-hybridized carbons (Fsp3) is 0.471. The van der Waals surface area contributed by atoms with Gasteiger partial charge in [-0.15, -0.1) is 6.42 Å². The molecule has 0 radical (unpaired) electrons. The molecule has 1 spiro atoms. The van der Waals surface area contributed by atoms with Crippen LogP contribution in [0.2, 0.25) is 0 Å². The van der Waals surface area contributed by atoms with Gasteiger partial charge >= 0.3 is 0 Å². The Balaban J connectivity index is 1.62. The topological polar surface area (TPSA) is 65.1 Å². The Kier molecular flexibility index (Phi) is 3.22. The lowest BCUT2D eigenvalue weighted by Crippen LogP contribution is -2.68. The van der Waals surface area contributed by atoms with Gasteiger partial charge in [0.1, 0.15) is 17.8 Å². The molecule has 23 heavy (non-hydrogen) atoms. The zero-order valence-electron chi connectivity index (χ0n) is 13.0. The molecule has 2 aromatic rings. The molecule has 2 fully saturated rings. The normalized spacial score (nSPS) is 23.8. The number of fused-ring (bicyclic) bond motifs is 1. The summed E-state index contributed by atoms with van der Waals surface area (Å²) in [6.45, 7) is 2.59. The highest BCUT2D eigenvalue weighted by molar-refractivity contribution is 5.87. The molecular formula is C17H19N5O. The molecule has 2 aliphatic rings. The summed E-state index contributed by atoms with van der Waals surface area (Å²) in [6.07, 6.45) is 12.1. The van der Waals surface area contributed by atoms with E-state index in [1.165, 1.54) is 0 Å². The highest BCUT2D eigenvalue weighted by Gasteiger charge is 2.49. The van der Waals surface area contributed by atoms with Crippen molar-refractivity contribution in [3.8, 4) is 12.3 Å². The predicted octanol–water partition coefficient (Wildman–Crippen LogP) is 1.55. The number of amides is 1. The summed E-state index contributed by atoms with van der Waals surface area (Å²) in [5.74, 6) is 3.50. The Bertz CT molecular complexity index is 792. The van der Waals surface area contributed by atoms with E-state index in [1.807, 2.05) is 17.2 Å². The third-order valence-electron chi connectivity index (χ3n) is 5.12. The number of carbonyl (C=O) groups is 1. The zero-order valence-corrected chi connectivity index (χ0v) is 13.0. The fourth-order valence-corrected chi connectivity index (χ4v) is 3.94. The molecule has 4 heterocycles. The standard InChI is InChI=1S/C17H19N5O/c1-2-4-14(23)22-10-7-17(22)6-3-9-21(11-17)16-13-5-8-18-15(13)19-12-20-16/h1,5,8,12H,3-4,6-7,9-11H2,(H,18,19,20)/t17-/m0/s1. The monoisotopic (exact) mass is 309 g/mol. The highest BCUT2D eigenvalue weighted by Crippen LogP contribution is 2.40. The molecule has 2 saturated heterocycles. The molecule has 1 amide bonds. The predicted molar refractivity (Wildman–Crippen MR) is 87.8 cm³/mol. The summed E-state index contributed by atoms with van der Waals surface area (Å²) in [5.41, 5.74) is 0.781. The van der Waals surface area contributed by atoms with Crippen LogP contribution in [0.25, 0.3) is 11.0 Å². The van der Waals surface area contributed by atoms with Crippen molar-refractivity contribution in [1.29, 1.82) is 0 Å². The third kappa shape index (κ3) is 2.15. The first kappa shape index (κ1) is 14.1. The number of rotatable bonds is 2. The average Bonchev–Trinajstić information content (AvgIpc) is 3.02. The Labute approximate surface area is 134 Å². The molecule has 2 aliphatic heterocycles. The van der Waals surface area contributed by atoms with Gasteiger partial charge in [0.15, 0.2) is 0 Å². The minimum atomic E-state index is -0.0697. The molecule has 6 nitrogen and oxygen atoms in total. The van der Waals surface area contributed by atoms with Crippen LogP contribution in [0.15, 0.2) is 18.6 Å². The van der Waals surface area contributed by atoms with Gasteiger partial charge < -0.3 is 14.8 Å². The second-order valence-corrected chi connectivity index (χ2v) is 6.36. The molecule has 6 heteroatoms. The van der Waals surface area contributed by atoms with Crippen molar-refractivity contribution in [3.63, 3.8) is 0 Å². The number of nitrogens with one attached hydrogen (secondary N) is 1. The number of aromatic amines is 1. The molecule has 0 unspecified atom stereocenters. The van der Waals surface area contributed by atoms with Crippen LogP contribution in [0.1, 0.15) is 25.7 Å². The van der Waals surface area contributed by atoms with Gasteiger partial charge in [-0.1, -0.05) is 5.92 Å². The first-order valence-electron chi connectivity index (χ1n) is 8.00. The van der Waals surface area contributed by atoms with Gasteiger partial charge in [-0.2, -0.15) is 0 Å². The lowest BCUT2D eigenvalue weighted by molar-refractivity contribution is -0.147. The van der Waals surface area contributed by atoms with Gasteiger partial charge in [-0.3, -0.25) is 4.79 Å². The number of nitrogens with zero attached hydrogens (tertiary/aromatic N) is 4. The second kappa shape index (κ2) is 5.27. The van der Waals surface area contributed by atoms with Crippen molar-refractivity contribution in [1.82, 2.24) is 19.9 Å². The van der Waals surface area contributed by atoms with Gasteiger partial charge in [0.25, 0.3) is 0 Å². The summed E-state index contributed by atoms with van der Waals surface area (Å²) < 4.78 is 0. The molecule has 1 N–H and O–H groups in total. The quantitative estimate of drug-likeness (QED) is 0.855. The molecule has 1 atom stereocenters. The Morgan fingerprint density at radius 3 is 3.09 bits per heavy atom. The van der Waals surface area contributed by atoms with E-state index in [1.54, 1.807) is 6.33 Å². The maximum atomic E-state index is 12.2. The summed E-state index contributed by atoms with van der Waals surface area (Å²) in [4.78, 5) is 28.4. The van der Waals surface area contributed by atoms with Crippen molar-refractivity contribution in [2.24, 2.45) is 0 Å². The zero-order chi connectivity index (χ0) is 15.9. The summed E-state index contributed by atoms with van der Waals surface area (Å²) in [7, 11) is 0. The van der Waals surface area contributed by atoms with E-state index >= 15 is 0 Å². The molecule has 2 aromatic heterocycles. The number of anilines is 1. The van der Waals surface area contributed by atoms with Crippen molar-refractivity contribution >= 4 is 22.8 Å². The number of likely N-dealkylation sites (tertiary alicyclic amines) is 1. The maximum Gasteiger partial charge on any atom is 0.235 e. The minimum Gasteiger partial charge on any atom is -0.354 e. The number of hydrogen-bond acceptors (Lipinski definition) is 4. The molecule has 0 aliphatic carbocycles. The maximum absolute atomic E-state index is 12.2. The van der Waals surface area contributed by atoms with Gasteiger partial charge in [-0.05, 0) is 25.3 Å². The third-order valence-corrected chi connectivity index (χ3v) is 5.12. The van der Waals surface area contributed by atoms with Crippen LogP contribution in [0, 0.1) is 12.3 Å². The number of piperidine rings is 1. The van der Waals surface area contributed by atoms with Gasteiger partial charge in [-0.25, -0.2) is 9.97 Å². The van der Waals surface area contributed by atoms with Crippen molar-refractivity contribution < 1.29 is 4.79 Å². The van der Waals surface area contributed by atoms with E-state index < -0.39 is 0 Å². The summed E-state index contributed by atoms with van der Waals surface area (Å²) in [5, 5.41) is 1.03. The summed E-state index contributed by atoms with van der Waals surface area (Å²) in [6, 6.07) is 2.01. The smallest absolute Gasteiger partial charge is 0.235 e. The number of carbonyl (C=O) groups excluding carboxylic acids is 1. The van der Waals surface area contributed by atoms with E-state index in [-0.39, 0.29) is 17.9 Å². The molecule has 0 saturated carbocycles. The molecule has 118 valence electrons. The number of aromatic nitrogens is 3. The van der Waals surface area contributed by atoms with Gasteiger partial charge in [0.05, 0.1) is 17.3 Å². The molecule has 0 bridgehead atoms. The largest absolute Gasteiger partial charge is 0.354 e. The van der Waals surface area contributed by atoms with Crippen LogP contribution in [0.3, 0.4) is 0 Å². The first-order valence-corrected chi connectivity index (χ1v) is 8.00. The second-order valence-electron chi connectivity index (χ2n) is 6.36. The van der Waals surface area contributed by atoms with E-state index in [9.17, 15) is 4.79 Å². The van der Waals surface area contributed by atoms with Crippen LogP contribution in [-0.4, -0.2) is 50.9 Å². The molecular weight excluding hydrogens is 290 g/mol. The summed E-state index contributed by atoms with van der Waals surface area (Å²) >= 11 is 0. The van der Waals surface area contributed by atoms with Crippen molar-refractivity contribution in [2.75, 3.05) is 24.5 Å². The lowest BCUT2D eigenvalue weighted by Gasteiger charge is -2.57. The van der Waals surface area contributed by atoms with Crippen LogP contribution in [0.4, 0.5) is 5.82 Å². The van der Waals surface area contributed by atoms with Crippen LogP contribution >= 0.6 is 0 Å². The van der Waals surface area contributed by atoms with Crippen molar-refractivity contribution in [3.05, 3.63) is 18.6 Å². The number of terminal acetylenes is 1. The van der Waals surface area contributed by atoms with E-state index in [2.05, 4.69) is 25.8 Å². The Morgan fingerprint density at radius 1 is 1.39 bits per heavy atom. The van der Waals surface area contributed by atoms with Crippen LogP contribution < -0.4 is 4.90 Å². The lowest BCUT2D eigenvalue weighted by atomic mass is 9.77. The fourth-order valence-electron chi connectivity index (χ4n) is 3.94. The van der Waals surface area contributed by atoms with Gasteiger partial charge in [0, 0.05) is 25.8 Å². The first-order chi connectivity index (χ1) is 11.2. The van der Waals surface area contributed by atoms with Crippen LogP contribution in [-0.2, 0) is 4.79 Å². The van der Waals surface area contributed by atoms with Gasteiger partial charge in [0.2, 0.25) is 5.91 Å². The van der Waals surface area contributed by atoms with E-state index in [0.29, 0.717) is 0 Å². The number of H-pyrrole nitrogens is 1. The Morgan fingerprint density at radius 2 is 2.30 bits per heavy atom. The highest BCUT2D eigenvalue weighted by atomic mass is 16.2. The minimum absolute atomic E-state index is 0.0697. The van der Waals surface area contributed by atoms with E-state index in [0.717, 1.165) is 55.7 Å². The average molecular weight is 309 g/mol. The SMILES string of the molecule is C#CCC(=O)N1CC[C@]12CCCN(c1ncnc3[nH]ccc13)C2. The molecule has 0 aromatic carbocycles.